The van der Waals surface area contributed by atoms with Crippen LogP contribution < -0.4 is 28.2 Å². The maximum absolute atomic E-state index is 13.3. The fourth-order valence-electron chi connectivity index (χ4n) is 6.55. The molecule has 0 saturated carbocycles. The van der Waals surface area contributed by atoms with E-state index in [2.05, 4.69) is 15.0 Å². The Morgan fingerprint density at radius 1 is 0.695 bits per heavy atom. The van der Waals surface area contributed by atoms with Gasteiger partial charge in [0.05, 0.1) is 26.1 Å². The van der Waals surface area contributed by atoms with Crippen LogP contribution in [-0.4, -0.2) is 149 Å². The molecule has 0 bridgehead atoms. The predicted molar refractivity (Wildman–Crippen MR) is 187 cm³/mol. The molecule has 59 heavy (non-hydrogen) atoms. The number of nitrogens with two attached hydrogens (primary N) is 1. The third-order valence-corrected chi connectivity index (χ3v) is 11.3. The first-order chi connectivity index (χ1) is 27.9. The Balaban J connectivity index is 1.05. The number of phosphoric ester groups is 2. The number of hydrogen-bond donors (Lipinski definition) is 10. The molecule has 0 amide bonds. The molecule has 4 aromatic heterocycles. The molecule has 0 spiro atoms. The summed E-state index contributed by atoms with van der Waals surface area (Å²) >= 11 is 0. The van der Waals surface area contributed by atoms with Crippen molar-refractivity contribution in [3.63, 3.8) is 0 Å². The number of nitrogen functional groups attached to an aromatic ring is 1. The minimum atomic E-state index is -5.42. The highest BCUT2D eigenvalue weighted by Gasteiger charge is 2.53. The molecule has 322 valence electrons. The minimum Gasteiger partial charge on any atom is -0.394 e. The average molecular weight is 880 g/mol. The number of aromatic amines is 2. The highest BCUT2D eigenvalue weighted by molar-refractivity contribution is 7.47. The molecule has 3 saturated heterocycles. The summed E-state index contributed by atoms with van der Waals surface area (Å²) in [6.07, 6.45) is -16.8. The van der Waals surface area contributed by atoms with E-state index in [1.165, 1.54) is 10.9 Å². The maximum atomic E-state index is 13.3. The molecule has 3 fully saturated rings. The van der Waals surface area contributed by atoms with Crippen molar-refractivity contribution in [3.8, 4) is 0 Å². The lowest BCUT2D eigenvalue weighted by Gasteiger charge is -2.25. The van der Waals surface area contributed by atoms with Crippen molar-refractivity contribution in [2.75, 3.05) is 25.6 Å². The highest BCUT2D eigenvalue weighted by atomic mass is 31.2. The van der Waals surface area contributed by atoms with Crippen LogP contribution in [0.25, 0.3) is 11.2 Å². The second kappa shape index (κ2) is 16.6. The molecular weight excluding hydrogens is 844 g/mol. The van der Waals surface area contributed by atoms with Crippen LogP contribution in [0.3, 0.4) is 0 Å². The third kappa shape index (κ3) is 8.63. The SMILES string of the molecule is Nc1ncnc2c1ncn2[C@@H]1O[C@H](CO)[C@@H](OP(=O)(O)OC[C@H]2O[C@@H](n3ccc(=O)[nH]c3=O)[C@H](O)[C@@H]2OP(=O)(O)OC[C@H]2O[C@@H](n3ccc(=O)[nH]c3=O)[C@H](O)[C@@H]2O)[C@H]1O. The van der Waals surface area contributed by atoms with Crippen molar-refractivity contribution in [3.05, 3.63) is 78.9 Å². The number of nitrogens with zero attached hydrogens (tertiary/aromatic N) is 6. The standard InChI is InChI=1S/C28H35N9O20P2/c29-22-15-23(31-8-30-22)37(9-32-15)26-18(43)20(10(5-38)53-26)56-59(49,50)52-7-12-21(19(44)25(55-12)36-4-2-14(40)34-28(36)46)57-58(47,48)51-6-11-16(41)17(42)24(54-11)35-3-1-13(39)33-27(35)45/h1-4,8-12,16-21,24-26,38,41-44H,5-7H2,(H,47,48)(H,49,50)(H2,29,30,31)(H,33,39,45)(H,34,40,46)/t10-,11-,12-,16-,17-,18-,19-,20-,21-,24-,25-,26-/m1/s1. The van der Waals surface area contributed by atoms with Gasteiger partial charge in [0.25, 0.3) is 11.1 Å². The zero-order chi connectivity index (χ0) is 42.6. The number of fused-ring (bicyclic) bond motifs is 1. The number of anilines is 1. The lowest BCUT2D eigenvalue weighted by Crippen LogP contribution is -2.39. The van der Waals surface area contributed by atoms with Crippen LogP contribution >= 0.6 is 15.6 Å². The van der Waals surface area contributed by atoms with Crippen molar-refractivity contribution in [2.45, 2.75) is 73.6 Å². The second-order valence-corrected chi connectivity index (χ2v) is 15.9. The smallest absolute Gasteiger partial charge is 0.394 e. The van der Waals surface area contributed by atoms with Crippen molar-refractivity contribution in [2.24, 2.45) is 0 Å². The van der Waals surface area contributed by atoms with Gasteiger partial charge in [-0.05, 0) is 0 Å². The highest BCUT2D eigenvalue weighted by Crippen LogP contribution is 2.52. The topological polar surface area (TPSA) is 420 Å². The van der Waals surface area contributed by atoms with Crippen molar-refractivity contribution in [1.29, 1.82) is 0 Å². The molecule has 3 aliphatic rings. The fourth-order valence-corrected chi connectivity index (χ4v) is 8.48. The van der Waals surface area contributed by atoms with E-state index in [1.54, 1.807) is 0 Å². The Kier molecular flexibility index (Phi) is 12.0. The summed E-state index contributed by atoms with van der Waals surface area (Å²) in [5.74, 6) is -0.00260. The zero-order valence-corrected chi connectivity index (χ0v) is 31.4. The van der Waals surface area contributed by atoms with Gasteiger partial charge in [-0.15, -0.1) is 0 Å². The van der Waals surface area contributed by atoms with Gasteiger partial charge < -0.3 is 55.3 Å². The van der Waals surface area contributed by atoms with Gasteiger partial charge in [-0.2, -0.15) is 0 Å². The van der Waals surface area contributed by atoms with Gasteiger partial charge in [-0.1, -0.05) is 0 Å². The number of hydrogen-bond acceptors (Lipinski definition) is 22. The Morgan fingerprint density at radius 3 is 1.75 bits per heavy atom. The molecule has 7 heterocycles. The molecule has 0 radical (unpaired) electrons. The number of nitrogens with one attached hydrogen (secondary N) is 2. The van der Waals surface area contributed by atoms with Gasteiger partial charge in [0.2, 0.25) is 0 Å². The Labute approximate surface area is 326 Å². The van der Waals surface area contributed by atoms with Crippen LogP contribution in [0.15, 0.2) is 56.4 Å². The van der Waals surface area contributed by atoms with Gasteiger partial charge in [-0.25, -0.2) is 33.7 Å². The van der Waals surface area contributed by atoms with Crippen LogP contribution in [0.2, 0.25) is 0 Å². The van der Waals surface area contributed by atoms with Gasteiger partial charge in [-0.3, -0.25) is 51.4 Å². The van der Waals surface area contributed by atoms with Crippen LogP contribution in [0.5, 0.6) is 0 Å². The third-order valence-electron chi connectivity index (χ3n) is 9.36. The molecule has 4 aromatic rings. The molecule has 29 nitrogen and oxygen atoms in total. The first-order valence-corrected chi connectivity index (χ1v) is 20.0. The fraction of sp³-hybridized carbons (Fsp3) is 0.536. The summed E-state index contributed by atoms with van der Waals surface area (Å²) in [5.41, 5.74) is 2.31. The molecule has 0 aromatic carbocycles. The lowest BCUT2D eigenvalue weighted by molar-refractivity contribution is -0.0642. The van der Waals surface area contributed by atoms with Crippen molar-refractivity contribution < 1.29 is 76.8 Å². The van der Waals surface area contributed by atoms with Crippen molar-refractivity contribution in [1.82, 2.24) is 38.6 Å². The monoisotopic (exact) mass is 879 g/mol. The molecule has 0 aliphatic carbocycles. The molecule has 3 aliphatic heterocycles. The van der Waals surface area contributed by atoms with Crippen LogP contribution in [0, 0.1) is 0 Å². The average Bonchev–Trinajstić information content (AvgIpc) is 3.90. The molecule has 7 rings (SSSR count). The van der Waals surface area contributed by atoms with Gasteiger partial charge in [0.15, 0.2) is 30.1 Å². The van der Waals surface area contributed by atoms with E-state index in [1.807, 2.05) is 9.97 Å². The van der Waals surface area contributed by atoms with Gasteiger partial charge in [0, 0.05) is 24.5 Å². The minimum absolute atomic E-state index is 0.00260. The van der Waals surface area contributed by atoms with Crippen LogP contribution in [-0.2, 0) is 41.4 Å². The van der Waals surface area contributed by atoms with E-state index >= 15 is 0 Å². The zero-order valence-electron chi connectivity index (χ0n) is 29.6. The summed E-state index contributed by atoms with van der Waals surface area (Å²) in [5, 5.41) is 53.3. The van der Waals surface area contributed by atoms with E-state index in [9.17, 15) is 63.6 Å². The number of imidazole rings is 1. The first kappa shape index (κ1) is 42.7. The molecule has 11 N–H and O–H groups in total. The Bertz CT molecular complexity index is 2510. The Morgan fingerprint density at radius 2 is 1.19 bits per heavy atom. The number of aromatic nitrogens is 8. The summed E-state index contributed by atoms with van der Waals surface area (Å²) in [7, 11) is -10.8. The van der Waals surface area contributed by atoms with Crippen molar-refractivity contribution >= 4 is 32.6 Å². The van der Waals surface area contributed by atoms with E-state index < -0.39 is 132 Å². The van der Waals surface area contributed by atoms with E-state index in [4.69, 9.17) is 38.0 Å². The van der Waals surface area contributed by atoms with Crippen LogP contribution in [0.4, 0.5) is 5.82 Å². The second-order valence-electron chi connectivity index (χ2n) is 13.1. The summed E-state index contributed by atoms with van der Waals surface area (Å²) < 4.78 is 66.3. The summed E-state index contributed by atoms with van der Waals surface area (Å²) in [6.45, 7) is -2.96. The number of aliphatic hydroxyl groups is 5. The van der Waals surface area contributed by atoms with Crippen LogP contribution in [0.1, 0.15) is 18.7 Å². The van der Waals surface area contributed by atoms with E-state index in [-0.39, 0.29) is 17.0 Å². The largest absolute Gasteiger partial charge is 0.472 e. The number of ether oxygens (including phenoxy) is 3. The Hall–Kier alpha value is -4.39. The summed E-state index contributed by atoms with van der Waals surface area (Å²) in [6, 6.07) is 1.80. The first-order valence-electron chi connectivity index (χ1n) is 17.0. The molecule has 2 unspecified atom stereocenters. The molecule has 31 heteroatoms. The maximum Gasteiger partial charge on any atom is 0.472 e. The lowest BCUT2D eigenvalue weighted by atomic mass is 10.1. The summed E-state index contributed by atoms with van der Waals surface area (Å²) in [4.78, 5) is 85.1. The van der Waals surface area contributed by atoms with Gasteiger partial charge >= 0.3 is 27.0 Å². The molecule has 14 atom stereocenters. The predicted octanol–water partition coefficient (Wildman–Crippen LogP) is -5.36. The normalized spacial score (nSPS) is 33.0. The molecular formula is C28H35N9O20P2. The van der Waals surface area contributed by atoms with Gasteiger partial charge in [0.1, 0.15) is 66.8 Å². The number of phosphoric acid groups is 2. The number of aliphatic hydroxyl groups excluding tert-OH is 5. The quantitative estimate of drug-likeness (QED) is 0.0529. The van der Waals surface area contributed by atoms with E-state index in [0.717, 1.165) is 35.4 Å². The van der Waals surface area contributed by atoms with E-state index in [0.29, 0.717) is 4.57 Å². The number of rotatable bonds is 14. The number of H-pyrrole nitrogens is 2.